The highest BCUT2D eigenvalue weighted by Gasteiger charge is 2.28. The van der Waals surface area contributed by atoms with Crippen molar-refractivity contribution in [3.63, 3.8) is 0 Å². The number of hydrogen-bond acceptors (Lipinski definition) is 6. The Balaban J connectivity index is 1.29. The summed E-state index contributed by atoms with van der Waals surface area (Å²) >= 11 is 0. The van der Waals surface area contributed by atoms with Crippen LogP contribution in [0, 0.1) is 0 Å². The number of hydrogen-bond donors (Lipinski definition) is 0. The number of aromatic nitrogens is 3. The van der Waals surface area contributed by atoms with Crippen LogP contribution in [0.1, 0.15) is 16.1 Å². The van der Waals surface area contributed by atoms with Crippen molar-refractivity contribution in [2.75, 3.05) is 33.3 Å². The first-order valence-electron chi connectivity index (χ1n) is 12.0. The SMILES string of the molecule is COc1ccc(-c2nc(C(=O)N3CCN(C(=O)OCc4ccccc4)CC3)cn2-c2ccccc2)cn1. The Morgan fingerprint density at radius 3 is 2.19 bits per heavy atom. The number of methoxy groups -OCH3 is 1. The molecular weight excluding hydrogens is 470 g/mol. The summed E-state index contributed by atoms with van der Waals surface area (Å²) in [5, 5.41) is 0. The average Bonchev–Trinajstić information content (AvgIpc) is 3.42. The first-order valence-corrected chi connectivity index (χ1v) is 12.0. The van der Waals surface area contributed by atoms with E-state index in [1.807, 2.05) is 71.3 Å². The van der Waals surface area contributed by atoms with E-state index >= 15 is 0 Å². The molecule has 0 unspecified atom stereocenters. The summed E-state index contributed by atoms with van der Waals surface area (Å²) in [6.45, 7) is 1.81. The molecule has 9 heteroatoms. The zero-order valence-electron chi connectivity index (χ0n) is 20.5. The van der Waals surface area contributed by atoms with Crippen LogP contribution in [0.25, 0.3) is 17.1 Å². The third kappa shape index (κ3) is 5.45. The van der Waals surface area contributed by atoms with E-state index in [9.17, 15) is 9.59 Å². The molecule has 2 aromatic heterocycles. The number of para-hydroxylation sites is 1. The van der Waals surface area contributed by atoms with Crippen LogP contribution in [-0.4, -0.2) is 69.6 Å². The van der Waals surface area contributed by atoms with Crippen molar-refractivity contribution in [2.24, 2.45) is 0 Å². The number of piperazine rings is 1. The van der Waals surface area contributed by atoms with E-state index < -0.39 is 0 Å². The van der Waals surface area contributed by atoms with E-state index in [-0.39, 0.29) is 18.6 Å². The van der Waals surface area contributed by atoms with Gasteiger partial charge in [0.1, 0.15) is 18.1 Å². The van der Waals surface area contributed by atoms with Crippen LogP contribution < -0.4 is 4.74 Å². The second-order valence-corrected chi connectivity index (χ2v) is 8.56. The molecule has 3 heterocycles. The smallest absolute Gasteiger partial charge is 0.410 e. The van der Waals surface area contributed by atoms with Crippen molar-refractivity contribution in [3.05, 3.63) is 96.4 Å². The van der Waals surface area contributed by atoms with E-state index in [4.69, 9.17) is 14.5 Å². The Bertz CT molecular complexity index is 1350. The van der Waals surface area contributed by atoms with Crippen molar-refractivity contribution >= 4 is 12.0 Å². The van der Waals surface area contributed by atoms with Gasteiger partial charge in [0, 0.05) is 55.9 Å². The minimum atomic E-state index is -0.376. The minimum Gasteiger partial charge on any atom is -0.481 e. The molecule has 9 nitrogen and oxygen atoms in total. The lowest BCUT2D eigenvalue weighted by molar-refractivity contribution is 0.0540. The van der Waals surface area contributed by atoms with Gasteiger partial charge in [-0.1, -0.05) is 48.5 Å². The molecule has 0 spiro atoms. The van der Waals surface area contributed by atoms with Crippen molar-refractivity contribution in [3.8, 4) is 23.0 Å². The number of amides is 2. The van der Waals surface area contributed by atoms with Gasteiger partial charge in [-0.25, -0.2) is 14.8 Å². The van der Waals surface area contributed by atoms with E-state index in [1.54, 1.807) is 35.4 Å². The summed E-state index contributed by atoms with van der Waals surface area (Å²) in [5.41, 5.74) is 2.90. The van der Waals surface area contributed by atoms with Gasteiger partial charge < -0.3 is 19.3 Å². The Morgan fingerprint density at radius 1 is 0.865 bits per heavy atom. The number of benzene rings is 2. The molecule has 188 valence electrons. The number of pyridine rings is 1. The predicted octanol–water partition coefficient (Wildman–Crippen LogP) is 4.04. The molecule has 1 aliphatic rings. The molecule has 2 aromatic carbocycles. The van der Waals surface area contributed by atoms with Gasteiger partial charge in [0.2, 0.25) is 5.88 Å². The normalized spacial score (nSPS) is 13.3. The van der Waals surface area contributed by atoms with Gasteiger partial charge in [0.05, 0.1) is 7.11 Å². The summed E-state index contributed by atoms with van der Waals surface area (Å²) in [5.74, 6) is 0.917. The lowest BCUT2D eigenvalue weighted by Gasteiger charge is -2.33. The average molecular weight is 498 g/mol. The molecule has 5 rings (SSSR count). The van der Waals surface area contributed by atoms with Crippen molar-refractivity contribution in [1.29, 1.82) is 0 Å². The Morgan fingerprint density at radius 2 is 1.54 bits per heavy atom. The van der Waals surface area contributed by atoms with Crippen molar-refractivity contribution in [2.45, 2.75) is 6.61 Å². The molecule has 2 amide bonds. The van der Waals surface area contributed by atoms with Crippen LogP contribution in [0.2, 0.25) is 0 Å². The standard InChI is InChI=1S/C28H27N5O4/c1-36-25-13-12-22(18-29-25)26-30-24(19-33(26)23-10-6-3-7-11-23)27(34)31-14-16-32(17-15-31)28(35)37-20-21-8-4-2-5-9-21/h2-13,18-19H,14-17,20H2,1H3. The van der Waals surface area contributed by atoms with E-state index in [0.29, 0.717) is 43.6 Å². The van der Waals surface area contributed by atoms with Crippen molar-refractivity contribution in [1.82, 2.24) is 24.3 Å². The maximum absolute atomic E-state index is 13.4. The molecule has 1 saturated heterocycles. The zero-order valence-corrected chi connectivity index (χ0v) is 20.5. The number of ether oxygens (including phenoxy) is 2. The summed E-state index contributed by atoms with van der Waals surface area (Å²) in [6, 6.07) is 22.9. The van der Waals surface area contributed by atoms with Gasteiger partial charge >= 0.3 is 6.09 Å². The van der Waals surface area contributed by atoms with Gasteiger partial charge in [-0.2, -0.15) is 0 Å². The zero-order chi connectivity index (χ0) is 25.6. The van der Waals surface area contributed by atoms with E-state index in [1.165, 1.54) is 0 Å². The summed E-state index contributed by atoms with van der Waals surface area (Å²) < 4.78 is 12.5. The summed E-state index contributed by atoms with van der Waals surface area (Å²) in [4.78, 5) is 38.2. The van der Waals surface area contributed by atoms with Crippen molar-refractivity contribution < 1.29 is 19.1 Å². The lowest BCUT2D eigenvalue weighted by atomic mass is 10.2. The molecule has 0 bridgehead atoms. The Labute approximate surface area is 214 Å². The van der Waals surface area contributed by atoms with Crippen LogP contribution in [0.5, 0.6) is 5.88 Å². The predicted molar refractivity (Wildman–Crippen MR) is 137 cm³/mol. The highest BCUT2D eigenvalue weighted by molar-refractivity contribution is 5.93. The van der Waals surface area contributed by atoms with Crippen LogP contribution in [0.3, 0.4) is 0 Å². The lowest BCUT2D eigenvalue weighted by Crippen LogP contribution is -2.50. The molecule has 0 saturated carbocycles. The Hall–Kier alpha value is -4.66. The maximum Gasteiger partial charge on any atom is 0.410 e. The highest BCUT2D eigenvalue weighted by Crippen LogP contribution is 2.25. The molecule has 0 aliphatic carbocycles. The third-order valence-electron chi connectivity index (χ3n) is 6.19. The van der Waals surface area contributed by atoms with Crippen LogP contribution in [0.4, 0.5) is 4.79 Å². The fraction of sp³-hybridized carbons (Fsp3) is 0.214. The number of carbonyl (C=O) groups excluding carboxylic acids is 2. The van der Waals surface area contributed by atoms with Crippen LogP contribution in [-0.2, 0) is 11.3 Å². The second kappa shape index (κ2) is 10.9. The Kier molecular flexibility index (Phi) is 7.12. The van der Waals surface area contributed by atoms with Crippen LogP contribution in [0.15, 0.2) is 85.2 Å². The molecule has 0 atom stereocenters. The number of imidazole rings is 1. The van der Waals surface area contributed by atoms with Gasteiger partial charge in [0.15, 0.2) is 0 Å². The van der Waals surface area contributed by atoms with E-state index in [0.717, 1.165) is 16.8 Å². The van der Waals surface area contributed by atoms with Gasteiger partial charge in [-0.3, -0.25) is 9.36 Å². The summed E-state index contributed by atoms with van der Waals surface area (Å²) in [6.07, 6.45) is 3.05. The summed E-state index contributed by atoms with van der Waals surface area (Å²) in [7, 11) is 1.56. The quantitative estimate of drug-likeness (QED) is 0.400. The number of rotatable bonds is 6. The third-order valence-corrected chi connectivity index (χ3v) is 6.19. The molecular formula is C28H27N5O4. The number of nitrogens with zero attached hydrogens (tertiary/aromatic N) is 5. The second-order valence-electron chi connectivity index (χ2n) is 8.56. The maximum atomic E-state index is 13.4. The number of carbonyl (C=O) groups is 2. The van der Waals surface area contributed by atoms with Crippen LogP contribution >= 0.6 is 0 Å². The fourth-order valence-corrected chi connectivity index (χ4v) is 4.17. The topological polar surface area (TPSA) is 89.8 Å². The molecule has 0 N–H and O–H groups in total. The monoisotopic (exact) mass is 497 g/mol. The molecule has 37 heavy (non-hydrogen) atoms. The molecule has 4 aromatic rings. The highest BCUT2D eigenvalue weighted by atomic mass is 16.6. The van der Waals surface area contributed by atoms with Gasteiger partial charge in [0.25, 0.3) is 5.91 Å². The largest absolute Gasteiger partial charge is 0.481 e. The van der Waals surface area contributed by atoms with Gasteiger partial charge in [-0.15, -0.1) is 0 Å². The van der Waals surface area contributed by atoms with E-state index in [2.05, 4.69) is 4.98 Å². The minimum absolute atomic E-state index is 0.185. The first kappa shape index (κ1) is 24.1. The van der Waals surface area contributed by atoms with Gasteiger partial charge in [-0.05, 0) is 23.8 Å². The first-order chi connectivity index (χ1) is 18.1. The molecule has 1 fully saturated rings. The molecule has 0 radical (unpaired) electrons. The molecule has 1 aliphatic heterocycles. The fourth-order valence-electron chi connectivity index (χ4n) is 4.17.